The Morgan fingerprint density at radius 1 is 0.704 bits per heavy atom. The number of carbonyl (C=O) groups is 2. The van der Waals surface area contributed by atoms with E-state index in [9.17, 15) is 14.4 Å². The summed E-state index contributed by atoms with van der Waals surface area (Å²) in [4.78, 5) is 36.3. The molecule has 0 unspecified atom stereocenters. The van der Waals surface area contributed by atoms with Crippen molar-refractivity contribution in [1.29, 1.82) is 0 Å². The number of carbonyl (C=O) groups excluding carboxylic acids is 2. The summed E-state index contributed by atoms with van der Waals surface area (Å²) in [7, 11) is 0. The van der Waals surface area contributed by atoms with Gasteiger partial charge < -0.3 is 15.1 Å². The molecule has 0 fully saturated rings. The molecule has 6 nitrogen and oxygen atoms in total. The highest BCUT2D eigenvalue weighted by Crippen LogP contribution is 2.05. The molecule has 2 aromatic carbocycles. The molecule has 3 aromatic rings. The van der Waals surface area contributed by atoms with Gasteiger partial charge in [-0.25, -0.2) is 0 Å². The van der Waals surface area contributed by atoms with E-state index in [0.29, 0.717) is 0 Å². The minimum Gasteiger partial charge on any atom is -0.445 e. The van der Waals surface area contributed by atoms with Crippen LogP contribution in [0.4, 0.5) is 0 Å². The second-order valence-electron chi connectivity index (χ2n) is 5.86. The zero-order chi connectivity index (χ0) is 19.1. The fraction of sp³-hybridized carbons (Fsp3) is 0.0952. The standard InChI is InChI=1S/C21H18N2O4/c24-17-11-18(20(25)22-13-15-7-3-1-4-8-15)27-19(12-17)21(26)23-14-16-9-5-2-6-10-16/h1-12H,13-14H2,(H,22,25)(H,23,26). The van der Waals surface area contributed by atoms with Gasteiger partial charge in [-0.05, 0) is 11.1 Å². The molecule has 0 radical (unpaired) electrons. The van der Waals surface area contributed by atoms with E-state index in [4.69, 9.17) is 4.42 Å². The summed E-state index contributed by atoms with van der Waals surface area (Å²) in [6.45, 7) is 0.571. The molecule has 0 atom stereocenters. The van der Waals surface area contributed by atoms with Gasteiger partial charge >= 0.3 is 0 Å². The Hall–Kier alpha value is -3.67. The molecule has 6 heteroatoms. The van der Waals surface area contributed by atoms with Crippen LogP contribution in [0.5, 0.6) is 0 Å². The van der Waals surface area contributed by atoms with Crippen molar-refractivity contribution in [2.45, 2.75) is 13.1 Å². The molecule has 1 heterocycles. The molecule has 0 aliphatic heterocycles. The number of rotatable bonds is 6. The lowest BCUT2D eigenvalue weighted by molar-refractivity contribution is 0.0891. The third kappa shape index (κ3) is 5.15. The summed E-state index contributed by atoms with van der Waals surface area (Å²) >= 11 is 0. The number of benzene rings is 2. The minimum absolute atomic E-state index is 0.205. The summed E-state index contributed by atoms with van der Waals surface area (Å²) in [5.74, 6) is -1.53. The van der Waals surface area contributed by atoms with E-state index in [2.05, 4.69) is 10.6 Å². The third-order valence-corrected chi connectivity index (χ3v) is 3.81. The highest BCUT2D eigenvalue weighted by Gasteiger charge is 2.15. The maximum atomic E-state index is 12.2. The van der Waals surface area contributed by atoms with E-state index < -0.39 is 17.2 Å². The van der Waals surface area contributed by atoms with Gasteiger partial charge in [0.05, 0.1) is 0 Å². The predicted octanol–water partition coefficient (Wildman–Crippen LogP) is 2.50. The van der Waals surface area contributed by atoms with E-state index in [1.54, 1.807) is 0 Å². The molecule has 3 rings (SSSR count). The first-order valence-electron chi connectivity index (χ1n) is 8.41. The first kappa shape index (κ1) is 18.1. The SMILES string of the molecule is O=C(NCc1ccccc1)c1cc(=O)cc(C(=O)NCc2ccccc2)o1. The Morgan fingerprint density at radius 3 is 1.52 bits per heavy atom. The topological polar surface area (TPSA) is 88.4 Å². The average molecular weight is 362 g/mol. The molecule has 2 N–H and O–H groups in total. The molecule has 0 bridgehead atoms. The molecule has 0 spiro atoms. The predicted molar refractivity (Wildman–Crippen MR) is 100 cm³/mol. The molecule has 0 aliphatic carbocycles. The number of amides is 2. The van der Waals surface area contributed by atoms with Crippen LogP contribution in [0.15, 0.2) is 82.0 Å². The molecule has 1 aromatic heterocycles. The van der Waals surface area contributed by atoms with E-state index in [1.165, 1.54) is 0 Å². The first-order valence-corrected chi connectivity index (χ1v) is 8.41. The number of hydrogen-bond acceptors (Lipinski definition) is 4. The van der Waals surface area contributed by atoms with Crippen LogP contribution in [-0.4, -0.2) is 11.8 Å². The lowest BCUT2D eigenvalue weighted by atomic mass is 10.2. The monoisotopic (exact) mass is 362 g/mol. The van der Waals surface area contributed by atoms with Gasteiger partial charge in [-0.15, -0.1) is 0 Å². The van der Waals surface area contributed by atoms with Crippen LogP contribution >= 0.6 is 0 Å². The van der Waals surface area contributed by atoms with E-state index >= 15 is 0 Å². The van der Waals surface area contributed by atoms with Crippen LogP contribution in [0.1, 0.15) is 32.2 Å². The van der Waals surface area contributed by atoms with Gasteiger partial charge in [0.15, 0.2) is 16.9 Å². The zero-order valence-electron chi connectivity index (χ0n) is 14.5. The fourth-order valence-corrected chi connectivity index (χ4v) is 2.43. The van der Waals surface area contributed by atoms with Crippen LogP contribution in [0.2, 0.25) is 0 Å². The molecule has 0 aliphatic rings. The van der Waals surface area contributed by atoms with Gasteiger partial charge in [0.1, 0.15) is 0 Å². The highest BCUT2D eigenvalue weighted by atomic mass is 16.4. The Morgan fingerprint density at radius 2 is 1.11 bits per heavy atom. The van der Waals surface area contributed by atoms with Crippen molar-refractivity contribution in [3.63, 3.8) is 0 Å². The van der Waals surface area contributed by atoms with E-state index in [0.717, 1.165) is 23.3 Å². The van der Waals surface area contributed by atoms with Crippen LogP contribution in [0, 0.1) is 0 Å². The largest absolute Gasteiger partial charge is 0.445 e. The summed E-state index contributed by atoms with van der Waals surface area (Å²) in [5.41, 5.74) is 1.34. The van der Waals surface area contributed by atoms with Crippen molar-refractivity contribution in [3.8, 4) is 0 Å². The Balaban J connectivity index is 1.67. The second kappa shape index (κ2) is 8.62. The van der Waals surface area contributed by atoms with E-state index in [1.807, 2.05) is 60.7 Å². The summed E-state index contributed by atoms with van der Waals surface area (Å²) in [5, 5.41) is 5.33. The van der Waals surface area contributed by atoms with Gasteiger partial charge in [-0.3, -0.25) is 14.4 Å². The lowest BCUT2D eigenvalue weighted by Gasteiger charge is -2.07. The zero-order valence-corrected chi connectivity index (χ0v) is 14.5. The molecule has 2 amide bonds. The summed E-state index contributed by atoms with van der Waals surface area (Å²) < 4.78 is 5.33. The van der Waals surface area contributed by atoms with Crippen LogP contribution < -0.4 is 16.1 Å². The molecule has 0 saturated heterocycles. The summed E-state index contributed by atoms with van der Waals surface area (Å²) in [6, 6.07) is 20.8. The fourth-order valence-electron chi connectivity index (χ4n) is 2.43. The maximum absolute atomic E-state index is 12.2. The lowest BCUT2D eigenvalue weighted by Crippen LogP contribution is -2.27. The molecule has 0 saturated carbocycles. The molecule has 27 heavy (non-hydrogen) atoms. The molecule has 136 valence electrons. The minimum atomic E-state index is -0.561. The van der Waals surface area contributed by atoms with Crippen molar-refractivity contribution in [3.05, 3.63) is 106 Å². The van der Waals surface area contributed by atoms with Gasteiger partial charge in [0.2, 0.25) is 0 Å². The number of hydrogen-bond donors (Lipinski definition) is 2. The Kier molecular flexibility index (Phi) is 5.79. The van der Waals surface area contributed by atoms with Gasteiger partial charge in [0, 0.05) is 25.2 Å². The van der Waals surface area contributed by atoms with Crippen molar-refractivity contribution in [1.82, 2.24) is 10.6 Å². The highest BCUT2D eigenvalue weighted by molar-refractivity contribution is 5.94. The Labute approximate surface area is 155 Å². The normalized spacial score (nSPS) is 10.2. The quantitative estimate of drug-likeness (QED) is 0.705. The van der Waals surface area contributed by atoms with Crippen molar-refractivity contribution < 1.29 is 14.0 Å². The Bertz CT molecular complexity index is 905. The smallest absolute Gasteiger partial charge is 0.287 e. The van der Waals surface area contributed by atoms with Gasteiger partial charge in [-0.1, -0.05) is 60.7 Å². The molecular weight excluding hydrogens is 344 g/mol. The van der Waals surface area contributed by atoms with Gasteiger partial charge in [0.25, 0.3) is 11.8 Å². The maximum Gasteiger partial charge on any atom is 0.287 e. The van der Waals surface area contributed by atoms with Crippen LogP contribution in [-0.2, 0) is 13.1 Å². The van der Waals surface area contributed by atoms with Crippen molar-refractivity contribution in [2.24, 2.45) is 0 Å². The van der Waals surface area contributed by atoms with Crippen molar-refractivity contribution in [2.75, 3.05) is 0 Å². The van der Waals surface area contributed by atoms with E-state index in [-0.39, 0.29) is 24.6 Å². The first-order chi connectivity index (χ1) is 13.1. The second-order valence-corrected chi connectivity index (χ2v) is 5.86. The molecular formula is C21H18N2O4. The average Bonchev–Trinajstić information content (AvgIpc) is 2.71. The third-order valence-electron chi connectivity index (χ3n) is 3.81. The van der Waals surface area contributed by atoms with Crippen LogP contribution in [0.25, 0.3) is 0 Å². The summed E-state index contributed by atoms with van der Waals surface area (Å²) in [6.07, 6.45) is 0. The number of nitrogens with one attached hydrogen (secondary N) is 2. The van der Waals surface area contributed by atoms with Gasteiger partial charge in [-0.2, -0.15) is 0 Å². The van der Waals surface area contributed by atoms with Crippen LogP contribution in [0.3, 0.4) is 0 Å². The van der Waals surface area contributed by atoms with Crippen molar-refractivity contribution >= 4 is 11.8 Å².